The second kappa shape index (κ2) is 12.8. The number of anilines is 1. The first-order valence-corrected chi connectivity index (χ1v) is 14.6. The van der Waals surface area contributed by atoms with Gasteiger partial charge in [-0.1, -0.05) is 59.6 Å². The number of aryl methyl sites for hydroxylation is 1. The van der Waals surface area contributed by atoms with E-state index < -0.39 is 0 Å². The molecule has 5 rings (SSSR count). The molecular weight excluding hydrogens is 560 g/mol. The van der Waals surface area contributed by atoms with E-state index in [1.807, 2.05) is 79.7 Å². The number of thioether (sulfide) groups is 1. The van der Waals surface area contributed by atoms with Crippen molar-refractivity contribution in [3.8, 4) is 22.7 Å². The molecule has 41 heavy (non-hydrogen) atoms. The standard InChI is InChI=1S/C31H31ClN4O4S/c1-20-8-14-23(15-9-20)36-31-28(29(34-36)21-10-12-22(32)13-11-21)30(24-6-4-5-7-25(24)40-3)41-19-27(38)35(31)18-26(37)33-16-17-39-2/h4-15,30H,16-19H2,1-3H3,(H,33,37). The third kappa shape index (κ3) is 6.12. The lowest BCUT2D eigenvalue weighted by molar-refractivity contribution is -0.123. The Balaban J connectivity index is 1.77. The summed E-state index contributed by atoms with van der Waals surface area (Å²) in [5, 5.41) is 8.25. The second-order valence-electron chi connectivity index (χ2n) is 9.60. The number of hydrogen-bond acceptors (Lipinski definition) is 6. The molecule has 0 radical (unpaired) electrons. The number of aromatic nitrogens is 2. The van der Waals surface area contributed by atoms with Gasteiger partial charge >= 0.3 is 0 Å². The number of nitrogens with zero attached hydrogens (tertiary/aromatic N) is 3. The number of hydrogen-bond donors (Lipinski definition) is 1. The maximum atomic E-state index is 13.8. The van der Waals surface area contributed by atoms with Crippen molar-refractivity contribution in [1.82, 2.24) is 15.1 Å². The Labute approximate surface area is 248 Å². The summed E-state index contributed by atoms with van der Waals surface area (Å²) in [4.78, 5) is 28.4. The van der Waals surface area contributed by atoms with Crippen LogP contribution in [0.1, 0.15) is 21.9 Å². The molecule has 2 heterocycles. The van der Waals surface area contributed by atoms with Gasteiger partial charge in [0.25, 0.3) is 0 Å². The van der Waals surface area contributed by atoms with Crippen molar-refractivity contribution in [2.75, 3.05) is 44.6 Å². The van der Waals surface area contributed by atoms with Crippen LogP contribution in [0.15, 0.2) is 72.8 Å². The number of para-hydroxylation sites is 1. The number of carbonyl (C=O) groups is 2. The van der Waals surface area contributed by atoms with Gasteiger partial charge in [0.2, 0.25) is 11.8 Å². The Morgan fingerprint density at radius 2 is 1.80 bits per heavy atom. The molecule has 0 aliphatic carbocycles. The number of methoxy groups -OCH3 is 2. The Bertz CT molecular complexity index is 1540. The van der Waals surface area contributed by atoms with E-state index in [0.717, 1.165) is 27.9 Å². The zero-order valence-electron chi connectivity index (χ0n) is 23.1. The molecule has 1 unspecified atom stereocenters. The normalized spacial score (nSPS) is 14.9. The molecule has 0 saturated carbocycles. The number of rotatable bonds is 9. The number of carbonyl (C=O) groups excluding carboxylic acids is 2. The van der Waals surface area contributed by atoms with Crippen molar-refractivity contribution < 1.29 is 19.1 Å². The quantitative estimate of drug-likeness (QED) is 0.261. The lowest BCUT2D eigenvalue weighted by atomic mass is 9.99. The van der Waals surface area contributed by atoms with Crippen LogP contribution in [0.25, 0.3) is 16.9 Å². The van der Waals surface area contributed by atoms with Gasteiger partial charge in [0.05, 0.1) is 36.1 Å². The highest BCUT2D eigenvalue weighted by atomic mass is 35.5. The smallest absolute Gasteiger partial charge is 0.240 e. The topological polar surface area (TPSA) is 85.7 Å². The number of nitrogens with one attached hydrogen (secondary N) is 1. The number of ether oxygens (including phenoxy) is 2. The molecule has 1 aliphatic rings. The molecule has 1 aliphatic heterocycles. The Kier molecular flexibility index (Phi) is 8.97. The maximum absolute atomic E-state index is 13.8. The van der Waals surface area contributed by atoms with Crippen LogP contribution in [0.4, 0.5) is 5.82 Å². The lowest BCUT2D eigenvalue weighted by Crippen LogP contribution is -2.43. The Morgan fingerprint density at radius 1 is 1.07 bits per heavy atom. The largest absolute Gasteiger partial charge is 0.496 e. The molecule has 0 spiro atoms. The van der Waals surface area contributed by atoms with Gasteiger partial charge in [-0.05, 0) is 37.3 Å². The van der Waals surface area contributed by atoms with Crippen molar-refractivity contribution in [2.24, 2.45) is 0 Å². The molecular formula is C31H31ClN4O4S. The van der Waals surface area contributed by atoms with Crippen LogP contribution < -0.4 is 15.0 Å². The Hall–Kier alpha value is -3.79. The van der Waals surface area contributed by atoms with E-state index in [9.17, 15) is 9.59 Å². The molecule has 2 amide bonds. The zero-order valence-corrected chi connectivity index (χ0v) is 24.7. The summed E-state index contributed by atoms with van der Waals surface area (Å²) in [5.41, 5.74) is 5.14. The lowest BCUT2D eigenvalue weighted by Gasteiger charge is -2.23. The van der Waals surface area contributed by atoms with Crippen molar-refractivity contribution in [3.63, 3.8) is 0 Å². The summed E-state index contributed by atoms with van der Waals surface area (Å²) in [7, 11) is 3.21. The van der Waals surface area contributed by atoms with Crippen LogP contribution >= 0.6 is 23.4 Å². The molecule has 1 N–H and O–H groups in total. The summed E-state index contributed by atoms with van der Waals surface area (Å²) in [5.74, 6) is 0.945. The molecule has 3 aromatic carbocycles. The highest BCUT2D eigenvalue weighted by molar-refractivity contribution is 8.00. The van der Waals surface area contributed by atoms with Crippen LogP contribution in [0.2, 0.25) is 5.02 Å². The summed E-state index contributed by atoms with van der Waals surface area (Å²) in [6.45, 7) is 2.57. The predicted molar refractivity (Wildman–Crippen MR) is 163 cm³/mol. The van der Waals surface area contributed by atoms with Gasteiger partial charge in [-0.2, -0.15) is 5.10 Å². The highest BCUT2D eigenvalue weighted by Gasteiger charge is 2.38. The van der Waals surface area contributed by atoms with Gasteiger partial charge < -0.3 is 14.8 Å². The number of halogens is 1. The van der Waals surface area contributed by atoms with E-state index in [1.54, 1.807) is 23.8 Å². The fourth-order valence-corrected chi connectivity index (χ4v) is 6.18. The molecule has 0 saturated heterocycles. The van der Waals surface area contributed by atoms with E-state index in [2.05, 4.69) is 5.32 Å². The summed E-state index contributed by atoms with van der Waals surface area (Å²) < 4.78 is 12.6. The number of benzene rings is 3. The number of amides is 2. The van der Waals surface area contributed by atoms with E-state index in [-0.39, 0.29) is 29.4 Å². The van der Waals surface area contributed by atoms with E-state index in [1.165, 1.54) is 11.8 Å². The van der Waals surface area contributed by atoms with Crippen LogP contribution in [-0.2, 0) is 14.3 Å². The van der Waals surface area contributed by atoms with Crippen molar-refractivity contribution in [3.05, 3.63) is 94.5 Å². The summed E-state index contributed by atoms with van der Waals surface area (Å²) >= 11 is 7.74. The molecule has 8 nitrogen and oxygen atoms in total. The van der Waals surface area contributed by atoms with E-state index >= 15 is 0 Å². The first kappa shape index (κ1) is 28.7. The third-order valence-corrected chi connectivity index (χ3v) is 8.33. The average molecular weight is 591 g/mol. The predicted octanol–water partition coefficient (Wildman–Crippen LogP) is 5.44. The fraction of sp³-hybridized carbons (Fsp3) is 0.258. The third-order valence-electron chi connectivity index (χ3n) is 6.84. The molecule has 1 atom stereocenters. The van der Waals surface area contributed by atoms with E-state index in [4.69, 9.17) is 26.2 Å². The van der Waals surface area contributed by atoms with Gasteiger partial charge in [-0.15, -0.1) is 11.8 Å². The minimum absolute atomic E-state index is 0.160. The second-order valence-corrected chi connectivity index (χ2v) is 11.1. The van der Waals surface area contributed by atoms with Crippen molar-refractivity contribution in [2.45, 2.75) is 12.2 Å². The van der Waals surface area contributed by atoms with E-state index in [0.29, 0.717) is 35.4 Å². The summed E-state index contributed by atoms with van der Waals surface area (Å²) in [6.07, 6.45) is 0. The fourth-order valence-electron chi connectivity index (χ4n) is 4.83. The average Bonchev–Trinajstić information content (AvgIpc) is 3.30. The van der Waals surface area contributed by atoms with Gasteiger partial charge in [0, 0.05) is 35.4 Å². The molecule has 1 aromatic heterocycles. The minimum Gasteiger partial charge on any atom is -0.496 e. The zero-order chi connectivity index (χ0) is 28.9. The van der Waals surface area contributed by atoms with Crippen molar-refractivity contribution in [1.29, 1.82) is 0 Å². The maximum Gasteiger partial charge on any atom is 0.240 e. The molecule has 0 bridgehead atoms. The van der Waals surface area contributed by atoms with Gasteiger partial charge in [0.15, 0.2) is 0 Å². The molecule has 10 heteroatoms. The van der Waals surface area contributed by atoms with Crippen LogP contribution in [0.5, 0.6) is 5.75 Å². The summed E-state index contributed by atoms with van der Waals surface area (Å²) in [6, 6.07) is 23.2. The molecule has 212 valence electrons. The first-order valence-electron chi connectivity index (χ1n) is 13.2. The van der Waals surface area contributed by atoms with Gasteiger partial charge in [0.1, 0.15) is 18.1 Å². The van der Waals surface area contributed by atoms with Crippen LogP contribution in [0, 0.1) is 6.92 Å². The molecule has 4 aromatic rings. The van der Waals surface area contributed by atoms with Crippen LogP contribution in [-0.4, -0.2) is 61.3 Å². The molecule has 0 fully saturated rings. The first-order chi connectivity index (χ1) is 19.9. The number of fused-ring (bicyclic) bond motifs is 1. The highest BCUT2D eigenvalue weighted by Crippen LogP contribution is 2.50. The van der Waals surface area contributed by atoms with Crippen LogP contribution in [0.3, 0.4) is 0 Å². The van der Waals surface area contributed by atoms with Gasteiger partial charge in [-0.3, -0.25) is 14.5 Å². The van der Waals surface area contributed by atoms with Gasteiger partial charge in [-0.25, -0.2) is 4.68 Å². The SMILES string of the molecule is COCCNC(=O)CN1C(=O)CSC(c2ccccc2OC)c2c(-c3ccc(Cl)cc3)nn(-c3ccc(C)cc3)c21. The van der Waals surface area contributed by atoms with Crippen molar-refractivity contribution >= 4 is 41.0 Å². The minimum atomic E-state index is -0.309. The Morgan fingerprint density at radius 3 is 2.51 bits per heavy atom. The monoisotopic (exact) mass is 590 g/mol.